The van der Waals surface area contributed by atoms with Gasteiger partial charge < -0.3 is 19.8 Å². The van der Waals surface area contributed by atoms with Gasteiger partial charge in [-0.25, -0.2) is 4.68 Å². The number of benzene rings is 3. The fourth-order valence-corrected chi connectivity index (χ4v) is 4.25. The van der Waals surface area contributed by atoms with Crippen molar-refractivity contribution in [1.82, 2.24) is 14.8 Å². The fraction of sp³-hybridized carbons (Fsp3) is 0.172. The van der Waals surface area contributed by atoms with E-state index in [2.05, 4.69) is 36.3 Å². The summed E-state index contributed by atoms with van der Waals surface area (Å²) < 4.78 is 12.7. The summed E-state index contributed by atoms with van der Waals surface area (Å²) >= 11 is 0. The van der Waals surface area contributed by atoms with E-state index in [1.807, 2.05) is 60.7 Å². The summed E-state index contributed by atoms with van der Waals surface area (Å²) in [6, 6.07) is 23.5. The third-order valence-electron chi connectivity index (χ3n) is 6.41. The number of aromatic nitrogens is 3. The van der Waals surface area contributed by atoms with Crippen LogP contribution < -0.4 is 20.3 Å². The van der Waals surface area contributed by atoms with E-state index in [1.54, 1.807) is 18.9 Å². The smallest absolute Gasteiger partial charge is 0.254 e. The summed E-state index contributed by atoms with van der Waals surface area (Å²) in [5, 5.41) is 9.13. The predicted octanol–water partition coefficient (Wildman–Crippen LogP) is 5.63. The van der Waals surface area contributed by atoms with Crippen molar-refractivity contribution in [3.8, 4) is 28.4 Å². The highest BCUT2D eigenvalue weighted by Crippen LogP contribution is 2.35. The van der Waals surface area contributed by atoms with Crippen molar-refractivity contribution in [2.75, 3.05) is 19.5 Å². The molecule has 0 aliphatic rings. The molecule has 0 unspecified atom stereocenters. The number of hydrogen-bond acceptors (Lipinski definition) is 5. The zero-order chi connectivity index (χ0) is 25.2. The number of para-hydroxylation sites is 1. The first-order chi connectivity index (χ1) is 17.5. The first kappa shape index (κ1) is 23.2. The average molecular weight is 481 g/mol. The van der Waals surface area contributed by atoms with Crippen LogP contribution >= 0.6 is 0 Å². The highest BCUT2D eigenvalue weighted by molar-refractivity contribution is 5.93. The fourth-order valence-electron chi connectivity index (χ4n) is 4.25. The Morgan fingerprint density at radius 2 is 1.67 bits per heavy atom. The lowest BCUT2D eigenvalue weighted by molar-refractivity contribution is 0.355. The lowest BCUT2D eigenvalue weighted by Crippen LogP contribution is -2.16. The Bertz CT molecular complexity index is 1600. The standard InChI is InChI=1S/C29H28N4O3/c1-18-10-12-22(14-19(18)2)30-17-21-15-24-27(20-11-13-25(35-3)26(16-20)36-4)32-33(28(24)31-29(21)34)23-8-6-5-7-9-23/h5-16,30H,17H2,1-4H3,(H,31,34). The average Bonchev–Trinajstić information content (AvgIpc) is 3.27. The summed E-state index contributed by atoms with van der Waals surface area (Å²) in [5.74, 6) is 1.25. The molecule has 0 saturated carbocycles. The maximum Gasteiger partial charge on any atom is 0.254 e. The van der Waals surface area contributed by atoms with E-state index >= 15 is 0 Å². The molecule has 7 nitrogen and oxygen atoms in total. The molecule has 0 aliphatic heterocycles. The number of nitrogens with one attached hydrogen (secondary N) is 2. The van der Waals surface area contributed by atoms with E-state index in [4.69, 9.17) is 14.6 Å². The van der Waals surface area contributed by atoms with E-state index in [1.165, 1.54) is 11.1 Å². The maximum atomic E-state index is 13.1. The summed E-state index contributed by atoms with van der Waals surface area (Å²) in [6.07, 6.45) is 0. The third-order valence-corrected chi connectivity index (χ3v) is 6.41. The molecule has 0 fully saturated rings. The van der Waals surface area contributed by atoms with Crippen LogP contribution in [0.25, 0.3) is 28.0 Å². The highest BCUT2D eigenvalue weighted by atomic mass is 16.5. The van der Waals surface area contributed by atoms with Crippen molar-refractivity contribution in [2.24, 2.45) is 0 Å². The molecule has 182 valence electrons. The Labute approximate surface area is 209 Å². The Balaban J connectivity index is 1.63. The number of anilines is 1. The van der Waals surface area contributed by atoms with Crippen LogP contribution in [0.2, 0.25) is 0 Å². The van der Waals surface area contributed by atoms with Crippen molar-refractivity contribution in [3.63, 3.8) is 0 Å². The third kappa shape index (κ3) is 4.31. The molecule has 2 aromatic heterocycles. The summed E-state index contributed by atoms with van der Waals surface area (Å²) in [6.45, 7) is 4.54. The molecule has 0 radical (unpaired) electrons. The Kier molecular flexibility index (Phi) is 6.21. The quantitative estimate of drug-likeness (QED) is 0.316. The SMILES string of the molecule is COc1ccc(-c2nn(-c3ccccc3)c3[nH]c(=O)c(CNc4ccc(C)c(C)c4)cc23)cc1OC. The molecule has 0 saturated heterocycles. The topological polar surface area (TPSA) is 81.2 Å². The summed E-state index contributed by atoms with van der Waals surface area (Å²) in [5.41, 5.74) is 6.93. The van der Waals surface area contributed by atoms with E-state index < -0.39 is 0 Å². The predicted molar refractivity (Wildman–Crippen MR) is 143 cm³/mol. The molecular weight excluding hydrogens is 452 g/mol. The number of hydrogen-bond donors (Lipinski definition) is 2. The van der Waals surface area contributed by atoms with Crippen LogP contribution in [-0.4, -0.2) is 29.0 Å². The second kappa shape index (κ2) is 9.62. The number of ether oxygens (including phenoxy) is 2. The molecule has 2 heterocycles. The minimum atomic E-state index is -0.158. The van der Waals surface area contributed by atoms with Gasteiger partial charge in [-0.15, -0.1) is 0 Å². The number of methoxy groups -OCH3 is 2. The number of H-pyrrole nitrogens is 1. The molecule has 5 rings (SSSR count). The van der Waals surface area contributed by atoms with Crippen molar-refractivity contribution in [1.29, 1.82) is 0 Å². The first-order valence-electron chi connectivity index (χ1n) is 11.7. The molecule has 3 aromatic carbocycles. The molecule has 36 heavy (non-hydrogen) atoms. The molecule has 0 amide bonds. The van der Waals surface area contributed by atoms with Gasteiger partial charge in [-0.1, -0.05) is 24.3 Å². The number of rotatable bonds is 7. The Morgan fingerprint density at radius 3 is 2.39 bits per heavy atom. The molecule has 5 aromatic rings. The van der Waals surface area contributed by atoms with Gasteiger partial charge in [0.2, 0.25) is 0 Å². The molecule has 0 atom stereocenters. The second-order valence-corrected chi connectivity index (χ2v) is 8.70. The molecule has 0 spiro atoms. The summed E-state index contributed by atoms with van der Waals surface area (Å²) in [7, 11) is 3.22. The molecule has 7 heteroatoms. The van der Waals surface area contributed by atoms with Gasteiger partial charge in [0.25, 0.3) is 5.56 Å². The van der Waals surface area contributed by atoms with Gasteiger partial charge in [0.15, 0.2) is 11.5 Å². The largest absolute Gasteiger partial charge is 0.493 e. The van der Waals surface area contributed by atoms with E-state index in [-0.39, 0.29) is 5.56 Å². The summed E-state index contributed by atoms with van der Waals surface area (Å²) in [4.78, 5) is 16.2. The zero-order valence-electron chi connectivity index (χ0n) is 20.8. The number of aryl methyl sites for hydroxylation is 2. The van der Waals surface area contributed by atoms with Gasteiger partial charge in [-0.3, -0.25) is 4.79 Å². The molecule has 2 N–H and O–H groups in total. The Hall–Kier alpha value is -4.52. The van der Waals surface area contributed by atoms with Crippen LogP contribution in [0, 0.1) is 13.8 Å². The van der Waals surface area contributed by atoms with Crippen molar-refractivity contribution in [3.05, 3.63) is 99.8 Å². The first-order valence-corrected chi connectivity index (χ1v) is 11.7. The van der Waals surface area contributed by atoms with Gasteiger partial charge in [0.1, 0.15) is 11.3 Å². The van der Waals surface area contributed by atoms with Crippen LogP contribution in [0.5, 0.6) is 11.5 Å². The zero-order valence-corrected chi connectivity index (χ0v) is 20.8. The molecule has 0 bridgehead atoms. The number of nitrogens with zero attached hydrogens (tertiary/aromatic N) is 2. The van der Waals surface area contributed by atoms with E-state index in [9.17, 15) is 4.79 Å². The number of pyridine rings is 1. The van der Waals surface area contributed by atoms with Gasteiger partial charge in [0, 0.05) is 28.7 Å². The molecule has 0 aliphatic carbocycles. The van der Waals surface area contributed by atoms with E-state index in [0.29, 0.717) is 29.3 Å². The Morgan fingerprint density at radius 1 is 0.889 bits per heavy atom. The lowest BCUT2D eigenvalue weighted by atomic mass is 10.1. The highest BCUT2D eigenvalue weighted by Gasteiger charge is 2.18. The van der Waals surface area contributed by atoms with Gasteiger partial charge >= 0.3 is 0 Å². The number of fused-ring (bicyclic) bond motifs is 1. The van der Waals surface area contributed by atoms with Crippen molar-refractivity contribution in [2.45, 2.75) is 20.4 Å². The van der Waals surface area contributed by atoms with E-state index in [0.717, 1.165) is 28.0 Å². The van der Waals surface area contributed by atoms with Gasteiger partial charge in [0.05, 0.1) is 19.9 Å². The molecular formula is C29H28N4O3. The van der Waals surface area contributed by atoms with Crippen LogP contribution in [0.1, 0.15) is 16.7 Å². The minimum absolute atomic E-state index is 0.158. The van der Waals surface area contributed by atoms with Crippen LogP contribution in [0.15, 0.2) is 77.6 Å². The number of aromatic amines is 1. The van der Waals surface area contributed by atoms with Crippen LogP contribution in [0.3, 0.4) is 0 Å². The minimum Gasteiger partial charge on any atom is -0.493 e. The van der Waals surface area contributed by atoms with Crippen LogP contribution in [-0.2, 0) is 6.54 Å². The van der Waals surface area contributed by atoms with Gasteiger partial charge in [-0.2, -0.15) is 5.10 Å². The van der Waals surface area contributed by atoms with Crippen molar-refractivity contribution >= 4 is 16.7 Å². The monoisotopic (exact) mass is 480 g/mol. The maximum absolute atomic E-state index is 13.1. The van der Waals surface area contributed by atoms with Crippen LogP contribution in [0.4, 0.5) is 5.69 Å². The van der Waals surface area contributed by atoms with Crippen molar-refractivity contribution < 1.29 is 9.47 Å². The van der Waals surface area contributed by atoms with Gasteiger partial charge in [-0.05, 0) is 73.5 Å². The normalized spacial score (nSPS) is 11.0. The second-order valence-electron chi connectivity index (χ2n) is 8.70. The lowest BCUT2D eigenvalue weighted by Gasteiger charge is -2.10.